The van der Waals surface area contributed by atoms with Crippen LogP contribution in [-0.2, 0) is 27.2 Å². The van der Waals surface area contributed by atoms with Crippen LogP contribution in [0.2, 0.25) is 5.02 Å². The maximum Gasteiger partial charge on any atom is 0.409 e. The maximum atomic E-state index is 14.1. The number of piperazine rings is 1. The average Bonchev–Trinajstić information content (AvgIpc) is 3.08. The van der Waals surface area contributed by atoms with Crippen molar-refractivity contribution in [1.29, 1.82) is 0 Å². The number of fused-ring (bicyclic) bond motifs is 1. The average molecular weight is 667 g/mol. The van der Waals surface area contributed by atoms with Crippen molar-refractivity contribution in [2.45, 2.75) is 71.0 Å². The Morgan fingerprint density at radius 1 is 0.979 bits per heavy atom. The normalized spacial score (nSPS) is 19.8. The summed E-state index contributed by atoms with van der Waals surface area (Å²) >= 11 is 6.14. The molecular weight excluding hydrogens is 616 g/mol. The van der Waals surface area contributed by atoms with Gasteiger partial charge in [-0.2, -0.15) is 0 Å². The van der Waals surface area contributed by atoms with Gasteiger partial charge in [0.05, 0.1) is 6.61 Å². The molecule has 2 atom stereocenters. The third-order valence-corrected chi connectivity index (χ3v) is 9.74. The molecule has 3 aliphatic rings. The molecule has 0 bridgehead atoms. The van der Waals surface area contributed by atoms with Crippen LogP contribution < -0.4 is 10.6 Å². The second-order valence-electron chi connectivity index (χ2n) is 13.3. The summed E-state index contributed by atoms with van der Waals surface area (Å²) in [4.78, 5) is 43.6. The van der Waals surface area contributed by atoms with Crippen LogP contribution >= 0.6 is 11.6 Å². The zero-order chi connectivity index (χ0) is 33.3. The van der Waals surface area contributed by atoms with E-state index in [-0.39, 0.29) is 30.4 Å². The largest absolute Gasteiger partial charge is 0.450 e. The van der Waals surface area contributed by atoms with Gasteiger partial charge in [0.2, 0.25) is 11.8 Å². The van der Waals surface area contributed by atoms with Gasteiger partial charge in [-0.05, 0) is 67.5 Å². The van der Waals surface area contributed by atoms with E-state index in [9.17, 15) is 14.4 Å². The number of carbonyl (C=O) groups excluding carboxylic acids is 3. The lowest BCUT2D eigenvalue weighted by molar-refractivity contribution is -0.144. The Bertz CT molecular complexity index is 1340. The van der Waals surface area contributed by atoms with Gasteiger partial charge in [-0.25, -0.2) is 14.8 Å². The van der Waals surface area contributed by atoms with Crippen molar-refractivity contribution in [3.05, 3.63) is 70.2 Å². The van der Waals surface area contributed by atoms with Crippen LogP contribution in [0.5, 0.6) is 0 Å². The van der Waals surface area contributed by atoms with Gasteiger partial charge in [-0.3, -0.25) is 9.59 Å². The summed E-state index contributed by atoms with van der Waals surface area (Å²) in [7, 11) is 0. The van der Waals surface area contributed by atoms with E-state index in [0.717, 1.165) is 56.6 Å². The first kappa shape index (κ1) is 35.1. The summed E-state index contributed by atoms with van der Waals surface area (Å²) in [6.07, 6.45) is 3.16. The fraction of sp³-hybridized carbons (Fsp3) is 0.583. The molecule has 11 heteroatoms. The first-order valence-corrected chi connectivity index (χ1v) is 17.7. The minimum Gasteiger partial charge on any atom is -0.450 e. The molecule has 256 valence electrons. The molecule has 0 aliphatic carbocycles. The molecule has 0 radical (unpaired) electrons. The Hall–Kier alpha value is -3.18. The number of carbonyl (C=O) groups is 3. The molecule has 2 unspecified atom stereocenters. The zero-order valence-electron chi connectivity index (χ0n) is 28.1. The Kier molecular flexibility index (Phi) is 12.5. The Labute approximate surface area is 284 Å². The third-order valence-electron chi connectivity index (χ3n) is 9.49. The standard InChI is InChI=1S/C36H51ClN6O4/c1-4-47-36(46)41-17-14-30(15-18-41)43(25-26(2)3)42-21-19-40(20-22-42)35(45)33(23-27-9-11-29(37)12-10-27)39-34(44)24-32-31-8-6-5-7-28(31)13-16-38-32/h5-12,26,30,32-33,38H,4,13-25H2,1-3H3,(H,39,44). The van der Waals surface area contributed by atoms with Crippen molar-refractivity contribution in [3.8, 4) is 0 Å². The Morgan fingerprint density at radius 2 is 1.68 bits per heavy atom. The van der Waals surface area contributed by atoms with Crippen molar-refractivity contribution >= 4 is 29.5 Å². The van der Waals surface area contributed by atoms with Gasteiger partial charge in [0, 0.05) is 75.8 Å². The lowest BCUT2D eigenvalue weighted by Crippen LogP contribution is -2.61. The van der Waals surface area contributed by atoms with Crippen LogP contribution in [0.25, 0.3) is 0 Å². The predicted octanol–water partition coefficient (Wildman–Crippen LogP) is 4.28. The topological polar surface area (TPSA) is 97.5 Å². The number of nitrogens with zero attached hydrogens (tertiary/aromatic N) is 4. The van der Waals surface area contributed by atoms with E-state index in [1.807, 2.05) is 53.1 Å². The van der Waals surface area contributed by atoms with Crippen molar-refractivity contribution in [2.24, 2.45) is 5.92 Å². The van der Waals surface area contributed by atoms with Crippen LogP contribution in [0.4, 0.5) is 4.79 Å². The number of hydrogen-bond donors (Lipinski definition) is 2. The van der Waals surface area contributed by atoms with Crippen molar-refractivity contribution in [2.75, 3.05) is 59.0 Å². The summed E-state index contributed by atoms with van der Waals surface area (Å²) in [6.45, 7) is 12.4. The number of halogens is 1. The van der Waals surface area contributed by atoms with Gasteiger partial charge in [0.1, 0.15) is 6.04 Å². The van der Waals surface area contributed by atoms with E-state index >= 15 is 0 Å². The molecule has 3 heterocycles. The Balaban J connectivity index is 1.22. The van der Waals surface area contributed by atoms with Gasteiger partial charge < -0.3 is 25.2 Å². The van der Waals surface area contributed by atoms with Crippen LogP contribution in [0.15, 0.2) is 48.5 Å². The molecule has 2 fully saturated rings. The second-order valence-corrected chi connectivity index (χ2v) is 13.8. The SMILES string of the molecule is CCOC(=O)N1CCC(N(CC(C)C)N2CCN(C(=O)C(Cc3ccc(Cl)cc3)NC(=O)CC3NCCc4ccccc43)CC2)CC1. The molecule has 3 amide bonds. The van der Waals surface area contributed by atoms with Gasteiger partial charge >= 0.3 is 6.09 Å². The van der Waals surface area contributed by atoms with Crippen molar-refractivity contribution in [1.82, 2.24) is 30.5 Å². The van der Waals surface area contributed by atoms with Crippen LogP contribution in [0.1, 0.15) is 62.8 Å². The lowest BCUT2D eigenvalue weighted by atomic mass is 9.92. The monoisotopic (exact) mass is 666 g/mol. The number of piperidine rings is 1. The molecule has 47 heavy (non-hydrogen) atoms. The third kappa shape index (κ3) is 9.47. The fourth-order valence-corrected chi connectivity index (χ4v) is 7.22. The summed E-state index contributed by atoms with van der Waals surface area (Å²) in [6, 6.07) is 15.3. The maximum absolute atomic E-state index is 14.1. The molecule has 2 N–H and O–H groups in total. The molecule has 0 aromatic heterocycles. The first-order chi connectivity index (χ1) is 22.7. The highest BCUT2D eigenvalue weighted by molar-refractivity contribution is 6.30. The highest BCUT2D eigenvalue weighted by Gasteiger charge is 2.35. The first-order valence-electron chi connectivity index (χ1n) is 17.3. The number of nitrogens with one attached hydrogen (secondary N) is 2. The number of amides is 3. The predicted molar refractivity (Wildman–Crippen MR) is 184 cm³/mol. The lowest BCUT2D eigenvalue weighted by Gasteiger charge is -2.47. The molecule has 0 saturated carbocycles. The molecule has 2 aromatic rings. The van der Waals surface area contributed by atoms with Gasteiger partial charge in [0.15, 0.2) is 0 Å². The van der Waals surface area contributed by atoms with E-state index < -0.39 is 6.04 Å². The minimum atomic E-state index is -0.673. The molecule has 2 aromatic carbocycles. The molecule has 10 nitrogen and oxygen atoms in total. The van der Waals surface area contributed by atoms with Crippen LogP contribution in [0, 0.1) is 5.92 Å². The minimum absolute atomic E-state index is 0.0527. The second kappa shape index (κ2) is 16.8. The van der Waals surface area contributed by atoms with E-state index in [4.69, 9.17) is 16.3 Å². The van der Waals surface area contributed by atoms with Crippen LogP contribution in [-0.4, -0.2) is 109 Å². The summed E-state index contributed by atoms with van der Waals surface area (Å²) in [5, 5.41) is 12.1. The van der Waals surface area contributed by atoms with Gasteiger partial charge in [0.25, 0.3) is 0 Å². The number of hydrazine groups is 1. The van der Waals surface area contributed by atoms with Crippen LogP contribution in [0.3, 0.4) is 0 Å². The van der Waals surface area contributed by atoms with E-state index in [1.165, 1.54) is 5.56 Å². The number of benzene rings is 2. The summed E-state index contributed by atoms with van der Waals surface area (Å²) in [5.74, 6) is 0.285. The summed E-state index contributed by atoms with van der Waals surface area (Å²) < 4.78 is 5.22. The highest BCUT2D eigenvalue weighted by atomic mass is 35.5. The molecule has 5 rings (SSSR count). The van der Waals surface area contributed by atoms with Crippen molar-refractivity contribution in [3.63, 3.8) is 0 Å². The zero-order valence-corrected chi connectivity index (χ0v) is 28.9. The molecule has 0 spiro atoms. The van der Waals surface area contributed by atoms with E-state index in [1.54, 1.807) is 0 Å². The fourth-order valence-electron chi connectivity index (χ4n) is 7.09. The van der Waals surface area contributed by atoms with E-state index in [0.29, 0.717) is 56.2 Å². The number of likely N-dealkylation sites (tertiary alicyclic amines) is 1. The number of rotatable bonds is 11. The summed E-state index contributed by atoms with van der Waals surface area (Å²) in [5.41, 5.74) is 3.37. The van der Waals surface area contributed by atoms with Crippen molar-refractivity contribution < 1.29 is 19.1 Å². The molecule has 3 aliphatic heterocycles. The number of hydrogen-bond acceptors (Lipinski definition) is 7. The smallest absolute Gasteiger partial charge is 0.409 e. The van der Waals surface area contributed by atoms with Gasteiger partial charge in [-0.1, -0.05) is 61.8 Å². The Morgan fingerprint density at radius 3 is 2.36 bits per heavy atom. The van der Waals surface area contributed by atoms with E-state index in [2.05, 4.69) is 46.6 Å². The molecule has 2 saturated heterocycles. The molecular formula is C36H51ClN6O4. The quantitative estimate of drug-likeness (QED) is 0.370. The highest BCUT2D eigenvalue weighted by Crippen LogP contribution is 2.26. The van der Waals surface area contributed by atoms with Gasteiger partial charge in [-0.15, -0.1) is 0 Å². The number of ether oxygens (including phenoxy) is 1.